The number of nitrogens with zero attached hydrogens (tertiary/aromatic N) is 2. The molecule has 3 rings (SSSR count). The van der Waals surface area contributed by atoms with Gasteiger partial charge in [-0.05, 0) is 42.0 Å². The van der Waals surface area contributed by atoms with Gasteiger partial charge in [0.15, 0.2) is 6.61 Å². The van der Waals surface area contributed by atoms with E-state index in [-0.39, 0.29) is 24.3 Å². The molecule has 3 aromatic rings. The Morgan fingerprint density at radius 2 is 1.72 bits per heavy atom. The van der Waals surface area contributed by atoms with E-state index in [0.717, 1.165) is 16.3 Å². The molecule has 0 atom stereocenters. The molecule has 1 N–H and O–H groups in total. The molecule has 0 unspecified atom stereocenters. The van der Waals surface area contributed by atoms with Crippen LogP contribution in [0.1, 0.15) is 22.3 Å². The highest BCUT2D eigenvalue weighted by molar-refractivity contribution is 6.00. The van der Waals surface area contributed by atoms with E-state index in [9.17, 15) is 14.7 Å². The Morgan fingerprint density at radius 3 is 2.38 bits per heavy atom. The Bertz CT molecular complexity index is 1080. The van der Waals surface area contributed by atoms with E-state index in [4.69, 9.17) is 10.00 Å². The van der Waals surface area contributed by atoms with Crippen molar-refractivity contribution < 1.29 is 19.4 Å². The van der Waals surface area contributed by atoms with Gasteiger partial charge in [0.1, 0.15) is 11.3 Å². The van der Waals surface area contributed by atoms with Gasteiger partial charge in [-0.3, -0.25) is 4.79 Å². The third-order valence-electron chi connectivity index (χ3n) is 4.50. The first-order valence-corrected chi connectivity index (χ1v) is 9.12. The van der Waals surface area contributed by atoms with Gasteiger partial charge >= 0.3 is 5.97 Å². The lowest BCUT2D eigenvalue weighted by atomic mass is 10.1. The first-order valence-electron chi connectivity index (χ1n) is 9.12. The van der Waals surface area contributed by atoms with Crippen LogP contribution in [0.15, 0.2) is 60.7 Å². The second-order valence-electron chi connectivity index (χ2n) is 6.58. The number of rotatable bonds is 6. The number of phenols is 1. The number of amides is 1. The van der Waals surface area contributed by atoms with Crippen molar-refractivity contribution in [2.24, 2.45) is 0 Å². The number of hydrogen-bond acceptors (Lipinski definition) is 5. The first kappa shape index (κ1) is 19.9. The molecular weight excluding hydrogens is 368 g/mol. The number of esters is 1. The molecule has 0 aliphatic rings. The lowest BCUT2D eigenvalue weighted by molar-refractivity contribution is -0.121. The van der Waals surface area contributed by atoms with Crippen molar-refractivity contribution >= 4 is 28.3 Å². The van der Waals surface area contributed by atoms with E-state index in [2.05, 4.69) is 0 Å². The maximum absolute atomic E-state index is 12.6. The monoisotopic (exact) mass is 388 g/mol. The highest BCUT2D eigenvalue weighted by atomic mass is 16.5. The number of aromatic hydroxyl groups is 1. The number of hydrogen-bond donors (Lipinski definition) is 1. The molecule has 1 amide bonds. The summed E-state index contributed by atoms with van der Waals surface area (Å²) in [6.45, 7) is 1.63. The van der Waals surface area contributed by atoms with Crippen LogP contribution in [0.5, 0.6) is 5.75 Å². The first-order chi connectivity index (χ1) is 14.0. The maximum Gasteiger partial charge on any atom is 0.342 e. The zero-order valence-electron chi connectivity index (χ0n) is 16.0. The van der Waals surface area contributed by atoms with Crippen LogP contribution in [-0.2, 0) is 9.53 Å². The summed E-state index contributed by atoms with van der Waals surface area (Å²) in [5.74, 6) is -1.44. The number of phenolic OH excluding ortho intramolecular Hbond substituents is 1. The molecule has 0 fully saturated rings. The third-order valence-corrected chi connectivity index (χ3v) is 4.50. The van der Waals surface area contributed by atoms with Crippen LogP contribution in [0.25, 0.3) is 10.8 Å². The summed E-state index contributed by atoms with van der Waals surface area (Å²) in [4.78, 5) is 26.5. The molecule has 146 valence electrons. The normalized spacial score (nSPS) is 10.3. The molecule has 3 aromatic carbocycles. The van der Waals surface area contributed by atoms with Gasteiger partial charge in [-0.15, -0.1) is 0 Å². The van der Waals surface area contributed by atoms with E-state index >= 15 is 0 Å². The van der Waals surface area contributed by atoms with Crippen LogP contribution in [0.2, 0.25) is 0 Å². The van der Waals surface area contributed by atoms with Crippen molar-refractivity contribution in [3.8, 4) is 11.8 Å². The molecule has 0 aromatic heterocycles. The fourth-order valence-electron chi connectivity index (χ4n) is 2.96. The number of benzene rings is 3. The third kappa shape index (κ3) is 4.71. The average Bonchev–Trinajstić information content (AvgIpc) is 2.73. The van der Waals surface area contributed by atoms with Crippen LogP contribution >= 0.6 is 0 Å². The lowest BCUT2D eigenvalue weighted by Crippen LogP contribution is -2.35. The molecule has 6 heteroatoms. The Balaban J connectivity index is 1.73. The SMILES string of the molecule is Cc1ccc(N(CCC#N)C(=O)COC(=O)c2cc3ccccc3cc2O)cc1. The van der Waals surface area contributed by atoms with Gasteiger partial charge in [0.05, 0.1) is 12.5 Å². The summed E-state index contributed by atoms with van der Waals surface area (Å²) in [5, 5.41) is 20.6. The van der Waals surface area contributed by atoms with Crippen molar-refractivity contribution in [3.63, 3.8) is 0 Å². The Hall–Kier alpha value is -3.85. The fraction of sp³-hybridized carbons (Fsp3) is 0.174. The largest absolute Gasteiger partial charge is 0.507 e. The Morgan fingerprint density at radius 1 is 1.07 bits per heavy atom. The zero-order chi connectivity index (χ0) is 20.8. The molecule has 0 bridgehead atoms. The van der Waals surface area contributed by atoms with Gasteiger partial charge in [0.25, 0.3) is 5.91 Å². The van der Waals surface area contributed by atoms with E-state index in [1.54, 1.807) is 12.1 Å². The number of carbonyl (C=O) groups is 2. The van der Waals surface area contributed by atoms with E-state index < -0.39 is 18.5 Å². The second-order valence-corrected chi connectivity index (χ2v) is 6.58. The van der Waals surface area contributed by atoms with E-state index in [0.29, 0.717) is 5.69 Å². The Kier molecular flexibility index (Phi) is 6.10. The maximum atomic E-state index is 12.6. The predicted molar refractivity (Wildman–Crippen MR) is 110 cm³/mol. The van der Waals surface area contributed by atoms with Crippen LogP contribution in [0.4, 0.5) is 5.69 Å². The van der Waals surface area contributed by atoms with Gasteiger partial charge in [-0.25, -0.2) is 4.79 Å². The summed E-state index contributed by atoms with van der Waals surface area (Å²) >= 11 is 0. The topological polar surface area (TPSA) is 90.6 Å². The molecule has 0 aliphatic heterocycles. The summed E-state index contributed by atoms with van der Waals surface area (Å²) in [7, 11) is 0. The van der Waals surface area contributed by atoms with E-state index in [1.165, 1.54) is 17.0 Å². The molecule has 0 spiro atoms. The molecular formula is C23H20N2O4. The number of aryl methyl sites for hydroxylation is 1. The molecule has 6 nitrogen and oxygen atoms in total. The smallest absolute Gasteiger partial charge is 0.342 e. The summed E-state index contributed by atoms with van der Waals surface area (Å²) in [5.41, 5.74) is 1.66. The van der Waals surface area contributed by atoms with Gasteiger partial charge in [0.2, 0.25) is 0 Å². The average molecular weight is 388 g/mol. The summed E-state index contributed by atoms with van der Waals surface area (Å²) < 4.78 is 5.15. The van der Waals surface area contributed by atoms with Crippen LogP contribution < -0.4 is 4.90 Å². The molecule has 0 saturated heterocycles. The number of carbonyl (C=O) groups excluding carboxylic acids is 2. The van der Waals surface area contributed by atoms with Crippen molar-refractivity contribution in [1.82, 2.24) is 0 Å². The number of nitriles is 1. The van der Waals surface area contributed by atoms with Crippen molar-refractivity contribution in [1.29, 1.82) is 5.26 Å². The van der Waals surface area contributed by atoms with Crippen molar-refractivity contribution in [2.45, 2.75) is 13.3 Å². The Labute approximate surface area is 168 Å². The minimum absolute atomic E-state index is 0.00425. The fourth-order valence-corrected chi connectivity index (χ4v) is 2.96. The van der Waals surface area contributed by atoms with Crippen LogP contribution in [0.3, 0.4) is 0 Å². The number of ether oxygens (including phenoxy) is 1. The van der Waals surface area contributed by atoms with Crippen molar-refractivity contribution in [2.75, 3.05) is 18.1 Å². The zero-order valence-corrected chi connectivity index (χ0v) is 16.0. The van der Waals surface area contributed by atoms with Gasteiger partial charge < -0.3 is 14.7 Å². The molecule has 29 heavy (non-hydrogen) atoms. The van der Waals surface area contributed by atoms with Crippen LogP contribution in [-0.4, -0.2) is 30.1 Å². The summed E-state index contributed by atoms with van der Waals surface area (Å²) in [6, 6.07) is 19.6. The standard InChI is InChI=1S/C23H20N2O4/c1-16-7-9-19(10-8-16)25(12-4-11-24)22(27)15-29-23(28)20-13-17-5-2-3-6-18(17)14-21(20)26/h2-3,5-10,13-14,26H,4,12,15H2,1H3. The highest BCUT2D eigenvalue weighted by Gasteiger charge is 2.20. The number of anilines is 1. The molecule has 0 aliphatic carbocycles. The molecule has 0 saturated carbocycles. The molecule has 0 heterocycles. The summed E-state index contributed by atoms with van der Waals surface area (Å²) in [6.07, 6.45) is 0.152. The van der Waals surface area contributed by atoms with Crippen molar-refractivity contribution in [3.05, 3.63) is 71.8 Å². The quantitative estimate of drug-likeness (QED) is 0.646. The highest BCUT2D eigenvalue weighted by Crippen LogP contribution is 2.25. The predicted octanol–water partition coefficient (Wildman–Crippen LogP) is 3.96. The molecule has 0 radical (unpaired) electrons. The van der Waals surface area contributed by atoms with Gasteiger partial charge in [-0.1, -0.05) is 42.0 Å². The lowest BCUT2D eigenvalue weighted by Gasteiger charge is -2.22. The minimum atomic E-state index is -0.786. The second kappa shape index (κ2) is 8.89. The van der Waals surface area contributed by atoms with Gasteiger partial charge in [0, 0.05) is 12.2 Å². The number of fused-ring (bicyclic) bond motifs is 1. The van der Waals surface area contributed by atoms with Gasteiger partial charge in [-0.2, -0.15) is 5.26 Å². The van der Waals surface area contributed by atoms with E-state index in [1.807, 2.05) is 49.4 Å². The van der Waals surface area contributed by atoms with Crippen LogP contribution in [0, 0.1) is 18.3 Å². The minimum Gasteiger partial charge on any atom is -0.507 e.